The second kappa shape index (κ2) is 5.53. The van der Waals surface area contributed by atoms with E-state index in [9.17, 15) is 0 Å². The molecule has 16 heavy (non-hydrogen) atoms. The van der Waals surface area contributed by atoms with Crippen LogP contribution >= 0.6 is 15.9 Å². The van der Waals surface area contributed by atoms with Crippen LogP contribution in [0.3, 0.4) is 0 Å². The minimum Gasteiger partial charge on any atom is -0.474 e. The highest BCUT2D eigenvalue weighted by molar-refractivity contribution is 9.10. The predicted molar refractivity (Wildman–Crippen MR) is 70.6 cm³/mol. The molecule has 90 valence electrons. The van der Waals surface area contributed by atoms with Crippen molar-refractivity contribution in [2.24, 2.45) is 5.92 Å². The van der Waals surface area contributed by atoms with Gasteiger partial charge in [0.15, 0.2) is 0 Å². The highest BCUT2D eigenvalue weighted by Crippen LogP contribution is 2.30. The van der Waals surface area contributed by atoms with E-state index in [1.54, 1.807) is 6.20 Å². The number of nitrogen functional groups attached to an aromatic ring is 1. The van der Waals surface area contributed by atoms with Crippen molar-refractivity contribution in [2.45, 2.75) is 40.2 Å². The first kappa shape index (κ1) is 13.3. The Bertz CT molecular complexity index is 366. The summed E-state index contributed by atoms with van der Waals surface area (Å²) < 4.78 is 6.63. The molecular weight excluding hydrogens is 268 g/mol. The van der Waals surface area contributed by atoms with Crippen molar-refractivity contribution in [3.63, 3.8) is 0 Å². The Morgan fingerprint density at radius 3 is 2.62 bits per heavy atom. The molecule has 0 aliphatic heterocycles. The molecule has 0 radical (unpaired) electrons. The zero-order valence-corrected chi connectivity index (χ0v) is 11.8. The molecule has 0 spiro atoms. The standard InChI is InChI=1S/C12H19BrN2O/c1-7(2)5-8(3)16-12-11(13)9(4)10(14)6-15-12/h6-8H,5,14H2,1-4H3. The Balaban J connectivity index is 2.78. The molecule has 0 bridgehead atoms. The third kappa shape index (κ3) is 3.37. The van der Waals surface area contributed by atoms with Gasteiger partial charge < -0.3 is 10.5 Å². The quantitative estimate of drug-likeness (QED) is 0.921. The topological polar surface area (TPSA) is 48.1 Å². The highest BCUT2D eigenvalue weighted by Gasteiger charge is 2.12. The fraction of sp³-hybridized carbons (Fsp3) is 0.583. The molecular formula is C12H19BrN2O. The average Bonchev–Trinajstić information content (AvgIpc) is 2.18. The molecule has 0 aliphatic carbocycles. The summed E-state index contributed by atoms with van der Waals surface area (Å²) in [6.07, 6.45) is 2.81. The molecule has 0 aliphatic rings. The van der Waals surface area contributed by atoms with Gasteiger partial charge in [-0.2, -0.15) is 0 Å². The van der Waals surface area contributed by atoms with Gasteiger partial charge in [0, 0.05) is 0 Å². The summed E-state index contributed by atoms with van der Waals surface area (Å²) >= 11 is 3.46. The van der Waals surface area contributed by atoms with Crippen molar-refractivity contribution in [2.75, 3.05) is 5.73 Å². The predicted octanol–water partition coefficient (Wildman–Crippen LogP) is 3.55. The van der Waals surface area contributed by atoms with Gasteiger partial charge in [0.1, 0.15) is 0 Å². The molecule has 3 nitrogen and oxygen atoms in total. The van der Waals surface area contributed by atoms with Crippen molar-refractivity contribution >= 4 is 21.6 Å². The van der Waals surface area contributed by atoms with E-state index in [0.717, 1.165) is 16.5 Å². The summed E-state index contributed by atoms with van der Waals surface area (Å²) in [6.45, 7) is 8.36. The van der Waals surface area contributed by atoms with Gasteiger partial charge in [-0.05, 0) is 47.7 Å². The lowest BCUT2D eigenvalue weighted by molar-refractivity contribution is 0.184. The number of nitrogens with two attached hydrogens (primary N) is 1. The van der Waals surface area contributed by atoms with Crippen LogP contribution in [0.4, 0.5) is 5.69 Å². The molecule has 1 aromatic rings. The molecule has 0 aromatic carbocycles. The molecule has 0 saturated heterocycles. The number of halogens is 1. The number of nitrogens with zero attached hydrogens (tertiary/aromatic N) is 1. The van der Waals surface area contributed by atoms with Gasteiger partial charge in [0.25, 0.3) is 0 Å². The number of hydrogen-bond donors (Lipinski definition) is 1. The molecule has 0 saturated carbocycles. The lowest BCUT2D eigenvalue weighted by atomic mass is 10.1. The minimum absolute atomic E-state index is 0.159. The summed E-state index contributed by atoms with van der Waals surface area (Å²) in [5, 5.41) is 0. The molecule has 2 N–H and O–H groups in total. The van der Waals surface area contributed by atoms with Crippen LogP contribution in [0.25, 0.3) is 0 Å². The molecule has 1 heterocycles. The maximum Gasteiger partial charge on any atom is 0.228 e. The fourth-order valence-corrected chi connectivity index (χ4v) is 1.98. The van der Waals surface area contributed by atoms with Crippen molar-refractivity contribution in [3.05, 3.63) is 16.2 Å². The number of aromatic nitrogens is 1. The van der Waals surface area contributed by atoms with Gasteiger partial charge in [-0.15, -0.1) is 0 Å². The maximum atomic E-state index is 5.78. The van der Waals surface area contributed by atoms with Gasteiger partial charge in [0.2, 0.25) is 5.88 Å². The van der Waals surface area contributed by atoms with E-state index >= 15 is 0 Å². The largest absolute Gasteiger partial charge is 0.474 e. The van der Waals surface area contributed by atoms with E-state index in [-0.39, 0.29) is 6.10 Å². The first-order valence-corrected chi connectivity index (χ1v) is 6.28. The second-order valence-electron chi connectivity index (χ2n) is 4.52. The lowest BCUT2D eigenvalue weighted by Crippen LogP contribution is -2.15. The zero-order valence-electron chi connectivity index (χ0n) is 10.2. The number of rotatable bonds is 4. The minimum atomic E-state index is 0.159. The molecule has 4 heteroatoms. The van der Waals surface area contributed by atoms with Crippen LogP contribution in [0.15, 0.2) is 10.7 Å². The van der Waals surface area contributed by atoms with E-state index < -0.39 is 0 Å². The number of anilines is 1. The van der Waals surface area contributed by atoms with Crippen LogP contribution in [-0.2, 0) is 0 Å². The first-order chi connectivity index (χ1) is 7.41. The van der Waals surface area contributed by atoms with E-state index in [0.29, 0.717) is 17.5 Å². The summed E-state index contributed by atoms with van der Waals surface area (Å²) in [5.41, 5.74) is 7.40. The molecule has 1 atom stereocenters. The SMILES string of the molecule is Cc1c(N)cnc(OC(C)CC(C)C)c1Br. The number of ether oxygens (including phenoxy) is 1. The van der Waals surface area contributed by atoms with Gasteiger partial charge in [-0.3, -0.25) is 0 Å². The van der Waals surface area contributed by atoms with E-state index in [1.165, 1.54) is 0 Å². The third-order valence-electron chi connectivity index (χ3n) is 2.39. The second-order valence-corrected chi connectivity index (χ2v) is 5.31. The van der Waals surface area contributed by atoms with Gasteiger partial charge >= 0.3 is 0 Å². The zero-order chi connectivity index (χ0) is 12.3. The number of hydrogen-bond acceptors (Lipinski definition) is 3. The average molecular weight is 287 g/mol. The van der Waals surface area contributed by atoms with Gasteiger partial charge in [0.05, 0.1) is 22.5 Å². The Labute approximate surface area is 106 Å². The third-order valence-corrected chi connectivity index (χ3v) is 3.32. The molecule has 1 aromatic heterocycles. The molecule has 1 rings (SSSR count). The summed E-state index contributed by atoms with van der Waals surface area (Å²) in [7, 11) is 0. The highest BCUT2D eigenvalue weighted by atomic mass is 79.9. The Morgan fingerprint density at radius 2 is 2.06 bits per heavy atom. The monoisotopic (exact) mass is 286 g/mol. The first-order valence-electron chi connectivity index (χ1n) is 5.49. The molecule has 0 fully saturated rings. The fourth-order valence-electron chi connectivity index (χ4n) is 1.55. The van der Waals surface area contributed by atoms with Crippen LogP contribution < -0.4 is 10.5 Å². The van der Waals surface area contributed by atoms with Crippen LogP contribution in [0.5, 0.6) is 5.88 Å². The normalized spacial score (nSPS) is 12.9. The van der Waals surface area contributed by atoms with E-state index in [1.807, 2.05) is 6.92 Å². The molecule has 1 unspecified atom stereocenters. The van der Waals surface area contributed by atoms with E-state index in [4.69, 9.17) is 10.5 Å². The summed E-state index contributed by atoms with van der Waals surface area (Å²) in [6, 6.07) is 0. The van der Waals surface area contributed by atoms with Crippen LogP contribution in [0, 0.1) is 12.8 Å². The Morgan fingerprint density at radius 1 is 1.44 bits per heavy atom. The van der Waals surface area contributed by atoms with Crippen molar-refractivity contribution in [1.29, 1.82) is 0 Å². The van der Waals surface area contributed by atoms with E-state index in [2.05, 4.69) is 41.7 Å². The van der Waals surface area contributed by atoms with Crippen molar-refractivity contribution in [1.82, 2.24) is 4.98 Å². The summed E-state index contributed by atoms with van der Waals surface area (Å²) in [4.78, 5) is 4.19. The van der Waals surface area contributed by atoms with Gasteiger partial charge in [-0.1, -0.05) is 13.8 Å². The van der Waals surface area contributed by atoms with Crippen LogP contribution in [0.1, 0.15) is 32.8 Å². The van der Waals surface area contributed by atoms with Crippen molar-refractivity contribution < 1.29 is 4.74 Å². The number of pyridine rings is 1. The summed E-state index contributed by atoms with van der Waals surface area (Å²) in [5.74, 6) is 1.24. The lowest BCUT2D eigenvalue weighted by Gasteiger charge is -2.17. The van der Waals surface area contributed by atoms with Gasteiger partial charge in [-0.25, -0.2) is 4.98 Å². The van der Waals surface area contributed by atoms with Crippen molar-refractivity contribution in [3.8, 4) is 5.88 Å². The van der Waals surface area contributed by atoms with Crippen LogP contribution in [0.2, 0.25) is 0 Å². The van der Waals surface area contributed by atoms with Crippen LogP contribution in [-0.4, -0.2) is 11.1 Å². The Hall–Kier alpha value is -0.770. The molecule has 0 amide bonds. The maximum absolute atomic E-state index is 5.78. The smallest absolute Gasteiger partial charge is 0.228 e. The Kier molecular flexibility index (Phi) is 4.59.